The highest BCUT2D eigenvalue weighted by molar-refractivity contribution is 5.76. The van der Waals surface area contributed by atoms with Crippen LogP contribution in [0.2, 0.25) is 0 Å². The maximum absolute atomic E-state index is 12.3. The Hall–Kier alpha value is -1.71. The maximum atomic E-state index is 12.3. The van der Waals surface area contributed by atoms with Crippen LogP contribution in [0.25, 0.3) is 0 Å². The number of carbonyl (C=O) groups is 1. The number of carboxylic acid groups (broad SMARTS) is 1. The molecule has 4 heteroatoms. The van der Waals surface area contributed by atoms with E-state index in [1.807, 2.05) is 0 Å². The molecule has 4 nitrogen and oxygen atoms in total. The monoisotopic (exact) mass is 392 g/mol. The lowest BCUT2D eigenvalue weighted by Crippen LogP contribution is -2.51. The fraction of sp³-hybridized carbons (Fsp3) is 0.720. The molecular weight excluding hydrogens is 360 g/mol. The molecule has 3 saturated carbocycles. The van der Waals surface area contributed by atoms with Crippen molar-refractivity contribution in [3.8, 4) is 0 Å². The van der Waals surface area contributed by atoms with E-state index in [-0.39, 0.29) is 0 Å². The van der Waals surface area contributed by atoms with Gasteiger partial charge in [-0.15, -0.1) is 0 Å². The number of allylic oxidation sites excluding steroid dienone is 2. The highest BCUT2D eigenvalue weighted by Gasteiger charge is 2.56. The summed E-state index contributed by atoms with van der Waals surface area (Å²) < 4.78 is 0. The Balaban J connectivity index is 1.32. The summed E-state index contributed by atoms with van der Waals surface area (Å²) in [5.41, 5.74) is 3.78. The topological polar surface area (TPSA) is 63.1 Å². The van der Waals surface area contributed by atoms with Gasteiger partial charge in [-0.05, 0) is 98.9 Å². The quantitative estimate of drug-likeness (QED) is 0.695. The number of hydrogen-bond acceptors (Lipinski definition) is 3. The Bertz CT molecular complexity index is 864. The van der Waals surface area contributed by atoms with Crippen molar-refractivity contribution in [2.24, 2.45) is 40.9 Å². The molecule has 7 unspecified atom stereocenters. The van der Waals surface area contributed by atoms with Crippen molar-refractivity contribution in [1.82, 2.24) is 9.97 Å². The van der Waals surface area contributed by atoms with Gasteiger partial charge in [0.15, 0.2) is 0 Å². The first kappa shape index (κ1) is 18.1. The first-order valence-corrected chi connectivity index (χ1v) is 11.9. The maximum Gasteiger partial charge on any atom is 0.310 e. The van der Waals surface area contributed by atoms with Crippen molar-refractivity contribution in [3.63, 3.8) is 0 Å². The number of carboxylic acids is 1. The van der Waals surface area contributed by atoms with E-state index >= 15 is 0 Å². The van der Waals surface area contributed by atoms with E-state index in [1.54, 1.807) is 11.9 Å². The van der Waals surface area contributed by atoms with Crippen LogP contribution >= 0.6 is 0 Å². The Morgan fingerprint density at radius 3 is 2.86 bits per heavy atom. The van der Waals surface area contributed by atoms with Gasteiger partial charge in [0.25, 0.3) is 0 Å². The molecule has 29 heavy (non-hydrogen) atoms. The van der Waals surface area contributed by atoms with Gasteiger partial charge in [-0.1, -0.05) is 24.5 Å². The van der Waals surface area contributed by atoms with Crippen LogP contribution in [-0.4, -0.2) is 21.0 Å². The summed E-state index contributed by atoms with van der Waals surface area (Å²) in [5, 5.41) is 10.2. The summed E-state index contributed by atoms with van der Waals surface area (Å²) >= 11 is 0. The summed E-state index contributed by atoms with van der Waals surface area (Å²) in [5.74, 6) is 3.54. The summed E-state index contributed by atoms with van der Waals surface area (Å²) in [6.07, 6.45) is 18.7. The van der Waals surface area contributed by atoms with E-state index < -0.39 is 11.4 Å². The SMILES string of the molecule is O=C(O)C12CCCCC1C1=CCC3C4Cc5cncnc5CC4CCC3C1CC2. The van der Waals surface area contributed by atoms with E-state index in [9.17, 15) is 9.90 Å². The van der Waals surface area contributed by atoms with Gasteiger partial charge < -0.3 is 5.11 Å². The minimum Gasteiger partial charge on any atom is -0.481 e. The zero-order valence-electron chi connectivity index (χ0n) is 17.2. The highest BCUT2D eigenvalue weighted by Crippen LogP contribution is 2.61. The van der Waals surface area contributed by atoms with E-state index in [2.05, 4.69) is 22.2 Å². The number of nitrogens with zero attached hydrogens (tertiary/aromatic N) is 2. The van der Waals surface area contributed by atoms with Gasteiger partial charge in [0.2, 0.25) is 0 Å². The van der Waals surface area contributed by atoms with E-state index in [0.29, 0.717) is 11.8 Å². The van der Waals surface area contributed by atoms with Crippen molar-refractivity contribution in [1.29, 1.82) is 0 Å². The number of hydrogen-bond donors (Lipinski definition) is 1. The molecule has 6 rings (SSSR count). The Morgan fingerprint density at radius 2 is 1.97 bits per heavy atom. The molecule has 0 radical (unpaired) electrons. The third kappa shape index (κ3) is 2.60. The molecule has 0 saturated heterocycles. The Kier molecular flexibility index (Phi) is 4.15. The second kappa shape index (κ2) is 6.65. The minimum absolute atomic E-state index is 0.312. The summed E-state index contributed by atoms with van der Waals surface area (Å²) in [7, 11) is 0. The molecule has 1 aromatic heterocycles. The van der Waals surface area contributed by atoms with Crippen LogP contribution in [-0.2, 0) is 17.6 Å². The summed E-state index contributed by atoms with van der Waals surface area (Å²) in [6, 6.07) is 0. The van der Waals surface area contributed by atoms with Gasteiger partial charge in [0, 0.05) is 11.9 Å². The van der Waals surface area contributed by atoms with Crippen LogP contribution in [0.3, 0.4) is 0 Å². The van der Waals surface area contributed by atoms with Crippen molar-refractivity contribution in [2.75, 3.05) is 0 Å². The minimum atomic E-state index is -0.517. The Morgan fingerprint density at radius 1 is 1.03 bits per heavy atom. The van der Waals surface area contributed by atoms with Crippen molar-refractivity contribution < 1.29 is 9.90 Å². The molecule has 1 aromatic rings. The second-order valence-corrected chi connectivity index (χ2v) is 10.6. The summed E-state index contributed by atoms with van der Waals surface area (Å²) in [6.45, 7) is 0. The highest BCUT2D eigenvalue weighted by atomic mass is 16.4. The molecule has 0 spiro atoms. The number of rotatable bonds is 1. The largest absolute Gasteiger partial charge is 0.481 e. The van der Waals surface area contributed by atoms with Crippen LogP contribution in [0.5, 0.6) is 0 Å². The van der Waals surface area contributed by atoms with Crippen LogP contribution < -0.4 is 0 Å². The van der Waals surface area contributed by atoms with Gasteiger partial charge in [-0.25, -0.2) is 9.97 Å². The molecular formula is C25H32N2O2. The molecule has 154 valence electrons. The van der Waals surface area contributed by atoms with Gasteiger partial charge in [0.05, 0.1) is 5.41 Å². The van der Waals surface area contributed by atoms with Gasteiger partial charge in [-0.3, -0.25) is 4.79 Å². The average molecular weight is 393 g/mol. The predicted molar refractivity (Wildman–Crippen MR) is 110 cm³/mol. The fourth-order valence-corrected chi connectivity index (χ4v) is 8.42. The lowest BCUT2D eigenvalue weighted by atomic mass is 9.48. The van der Waals surface area contributed by atoms with Crippen LogP contribution in [0, 0.1) is 40.9 Å². The molecule has 5 aliphatic carbocycles. The summed E-state index contributed by atoms with van der Waals surface area (Å²) in [4.78, 5) is 21.2. The van der Waals surface area contributed by atoms with Crippen molar-refractivity contribution in [3.05, 3.63) is 35.4 Å². The molecule has 7 atom stereocenters. The standard InChI is InChI=1S/C25H32N2O2/c28-24(29)25-9-2-1-3-22(25)20-7-6-18-17(19(20)8-10-25)5-4-15-12-23-16(11-21(15)18)13-26-14-27-23/h7,13-15,17-19,21-22H,1-6,8-12H2,(H,28,29). The number of aromatic nitrogens is 2. The molecule has 0 bridgehead atoms. The third-order valence-electron chi connectivity index (χ3n) is 9.70. The average Bonchev–Trinajstić information content (AvgIpc) is 2.76. The van der Waals surface area contributed by atoms with Crippen LogP contribution in [0.1, 0.15) is 69.0 Å². The second-order valence-electron chi connectivity index (χ2n) is 10.6. The first-order chi connectivity index (χ1) is 14.2. The lowest BCUT2D eigenvalue weighted by molar-refractivity contribution is -0.157. The molecule has 1 N–H and O–H groups in total. The van der Waals surface area contributed by atoms with Gasteiger partial charge in [0.1, 0.15) is 6.33 Å². The van der Waals surface area contributed by atoms with E-state index in [0.717, 1.165) is 68.6 Å². The van der Waals surface area contributed by atoms with Gasteiger partial charge >= 0.3 is 5.97 Å². The molecule has 0 amide bonds. The first-order valence-electron chi connectivity index (χ1n) is 11.9. The van der Waals surface area contributed by atoms with Crippen molar-refractivity contribution in [2.45, 2.75) is 70.6 Å². The molecule has 0 aromatic carbocycles. The fourth-order valence-electron chi connectivity index (χ4n) is 8.42. The van der Waals surface area contributed by atoms with E-state index in [4.69, 9.17) is 0 Å². The van der Waals surface area contributed by atoms with Crippen molar-refractivity contribution >= 4 is 5.97 Å². The molecule has 1 heterocycles. The predicted octanol–water partition coefficient (Wildman–Crippen LogP) is 4.84. The normalized spacial score (nSPS) is 43.0. The number of aliphatic carboxylic acids is 1. The lowest BCUT2D eigenvalue weighted by Gasteiger charge is -2.56. The number of fused-ring (bicyclic) bond motifs is 8. The molecule has 0 aliphatic heterocycles. The molecule has 5 aliphatic rings. The molecule has 3 fully saturated rings. The van der Waals surface area contributed by atoms with Crippen LogP contribution in [0.15, 0.2) is 24.2 Å². The van der Waals surface area contributed by atoms with Gasteiger partial charge in [-0.2, -0.15) is 0 Å². The zero-order chi connectivity index (χ0) is 19.6. The zero-order valence-corrected chi connectivity index (χ0v) is 17.2. The van der Waals surface area contributed by atoms with E-state index in [1.165, 1.54) is 36.9 Å². The third-order valence-corrected chi connectivity index (χ3v) is 9.70. The van der Waals surface area contributed by atoms with Crippen LogP contribution in [0.4, 0.5) is 0 Å². The Labute approximate surface area is 173 Å². The smallest absolute Gasteiger partial charge is 0.310 e.